The Morgan fingerprint density at radius 1 is 0.865 bits per heavy atom. The predicted octanol–water partition coefficient (Wildman–Crippen LogP) is 4.44. The summed E-state index contributed by atoms with van der Waals surface area (Å²) in [4.78, 5) is 25.0. The monoisotopic (exact) mass is 515 g/mol. The van der Waals surface area contributed by atoms with Crippen LogP contribution in [-0.4, -0.2) is 26.8 Å². The van der Waals surface area contributed by atoms with Crippen LogP contribution in [0.25, 0.3) is 0 Å². The van der Waals surface area contributed by atoms with Crippen molar-refractivity contribution >= 4 is 27.5 Å². The highest BCUT2D eigenvalue weighted by molar-refractivity contribution is 7.92. The molecule has 3 aromatic carbocycles. The lowest BCUT2D eigenvalue weighted by molar-refractivity contribution is -0.117. The van der Waals surface area contributed by atoms with Gasteiger partial charge in [0.2, 0.25) is 5.91 Å². The maximum absolute atomic E-state index is 13.6. The molecule has 5 rings (SSSR count). The van der Waals surface area contributed by atoms with Crippen LogP contribution in [-0.2, 0) is 21.2 Å². The highest BCUT2D eigenvalue weighted by Crippen LogP contribution is 2.37. The third-order valence-corrected chi connectivity index (χ3v) is 8.91. The van der Waals surface area contributed by atoms with Crippen molar-refractivity contribution in [2.24, 2.45) is 0 Å². The van der Waals surface area contributed by atoms with Crippen molar-refractivity contribution in [2.75, 3.05) is 10.8 Å². The third-order valence-electron chi connectivity index (χ3n) is 7.08. The summed E-state index contributed by atoms with van der Waals surface area (Å²) in [7, 11) is -3.87. The van der Waals surface area contributed by atoms with E-state index in [0.29, 0.717) is 17.7 Å². The molecule has 7 nitrogen and oxygen atoms in total. The molecule has 1 heterocycles. The Hall–Kier alpha value is -3.91. The lowest BCUT2D eigenvalue weighted by atomic mass is 9.87. The molecule has 0 saturated heterocycles. The number of hydrogen-bond acceptors (Lipinski definition) is 4. The normalized spacial score (nSPS) is 18.8. The van der Waals surface area contributed by atoms with Crippen LogP contribution >= 0.6 is 0 Å². The number of carbonyl (C=O) groups excluding carboxylic acids is 2. The topological polar surface area (TPSA) is 95.6 Å². The molecule has 0 spiro atoms. The van der Waals surface area contributed by atoms with Crippen LogP contribution in [0.5, 0.6) is 0 Å². The maximum atomic E-state index is 13.6. The molecular formula is C29H29N3O4S. The van der Waals surface area contributed by atoms with Gasteiger partial charge < -0.3 is 10.6 Å². The van der Waals surface area contributed by atoms with Crippen molar-refractivity contribution in [3.8, 4) is 0 Å². The number of anilines is 1. The first-order chi connectivity index (χ1) is 17.9. The van der Waals surface area contributed by atoms with Gasteiger partial charge in [0.05, 0.1) is 22.7 Å². The van der Waals surface area contributed by atoms with Gasteiger partial charge in [0, 0.05) is 12.1 Å². The molecule has 37 heavy (non-hydrogen) atoms. The first kappa shape index (κ1) is 24.8. The van der Waals surface area contributed by atoms with Crippen molar-refractivity contribution in [1.82, 2.24) is 10.6 Å². The average molecular weight is 516 g/mol. The second kappa shape index (κ2) is 10.2. The lowest BCUT2D eigenvalue weighted by Crippen LogP contribution is -2.40. The molecule has 2 unspecified atom stereocenters. The summed E-state index contributed by atoms with van der Waals surface area (Å²) >= 11 is 0. The van der Waals surface area contributed by atoms with Gasteiger partial charge in [0.25, 0.3) is 15.9 Å². The van der Waals surface area contributed by atoms with Crippen molar-refractivity contribution in [2.45, 2.75) is 42.7 Å². The molecule has 2 N–H and O–H groups in total. The number of carbonyl (C=O) groups is 2. The quantitative estimate of drug-likeness (QED) is 0.475. The molecule has 1 aliphatic heterocycles. The lowest BCUT2D eigenvalue weighted by Gasteiger charge is -2.35. The van der Waals surface area contributed by atoms with Crippen molar-refractivity contribution in [3.63, 3.8) is 0 Å². The van der Waals surface area contributed by atoms with Crippen LogP contribution in [0.4, 0.5) is 5.69 Å². The van der Waals surface area contributed by atoms with Gasteiger partial charge in [-0.05, 0) is 78.8 Å². The zero-order chi connectivity index (χ0) is 26.0. The van der Waals surface area contributed by atoms with Crippen LogP contribution in [0.1, 0.15) is 58.4 Å². The predicted molar refractivity (Wildman–Crippen MR) is 143 cm³/mol. The number of nitrogens with one attached hydrogen (secondary N) is 2. The minimum atomic E-state index is -3.87. The Bertz CT molecular complexity index is 1450. The highest BCUT2D eigenvalue weighted by Gasteiger charge is 2.33. The minimum Gasteiger partial charge on any atom is -0.346 e. The Labute approximate surface area is 217 Å². The van der Waals surface area contributed by atoms with Crippen LogP contribution in [0.3, 0.4) is 0 Å². The Morgan fingerprint density at radius 3 is 2.30 bits per heavy atom. The Kier molecular flexibility index (Phi) is 6.84. The number of amides is 2. The molecule has 0 bridgehead atoms. The van der Waals surface area contributed by atoms with E-state index < -0.39 is 10.0 Å². The van der Waals surface area contributed by atoms with E-state index in [0.717, 1.165) is 30.4 Å². The van der Waals surface area contributed by atoms with Crippen LogP contribution in [0, 0.1) is 0 Å². The first-order valence-corrected chi connectivity index (χ1v) is 13.9. The van der Waals surface area contributed by atoms with Crippen LogP contribution in [0.15, 0.2) is 90.3 Å². The van der Waals surface area contributed by atoms with E-state index in [-0.39, 0.29) is 35.3 Å². The third kappa shape index (κ3) is 4.89. The molecule has 2 atom stereocenters. The van der Waals surface area contributed by atoms with E-state index in [1.165, 1.54) is 28.1 Å². The van der Waals surface area contributed by atoms with Gasteiger partial charge in [-0.15, -0.1) is 0 Å². The SMILES string of the molecule is C=CC(=O)NC1CCN(S(=O)(=O)c2ccc(C(=O)NC3CCCc4ccccc43)cc2)c2ccccc21. The molecule has 3 aromatic rings. The summed E-state index contributed by atoms with van der Waals surface area (Å²) < 4.78 is 28.6. The fourth-order valence-corrected chi connectivity index (χ4v) is 6.72. The average Bonchev–Trinajstić information content (AvgIpc) is 2.93. The fraction of sp³-hybridized carbons (Fsp3) is 0.241. The van der Waals surface area contributed by atoms with Crippen LogP contribution < -0.4 is 14.9 Å². The first-order valence-electron chi connectivity index (χ1n) is 12.4. The summed E-state index contributed by atoms with van der Waals surface area (Å²) in [6, 6.07) is 21.0. The van der Waals surface area contributed by atoms with Gasteiger partial charge in [-0.2, -0.15) is 0 Å². The number of benzene rings is 3. The summed E-state index contributed by atoms with van der Waals surface area (Å²) in [5.74, 6) is -0.531. The fourth-order valence-electron chi connectivity index (χ4n) is 5.21. The van der Waals surface area contributed by atoms with E-state index in [9.17, 15) is 18.0 Å². The smallest absolute Gasteiger partial charge is 0.264 e. The number of para-hydroxylation sites is 1. The molecular weight excluding hydrogens is 486 g/mol. The number of nitrogens with zero attached hydrogens (tertiary/aromatic N) is 1. The van der Waals surface area contributed by atoms with Gasteiger partial charge in [0.15, 0.2) is 0 Å². The maximum Gasteiger partial charge on any atom is 0.264 e. The molecule has 0 radical (unpaired) electrons. The van der Waals surface area contributed by atoms with Crippen molar-refractivity contribution < 1.29 is 18.0 Å². The molecule has 2 aliphatic rings. The summed E-state index contributed by atoms with van der Waals surface area (Å²) in [5.41, 5.74) is 4.08. The second-order valence-corrected chi connectivity index (χ2v) is 11.2. The number of fused-ring (bicyclic) bond motifs is 2. The number of sulfonamides is 1. The Morgan fingerprint density at radius 2 is 1.54 bits per heavy atom. The zero-order valence-electron chi connectivity index (χ0n) is 20.4. The summed E-state index contributed by atoms with van der Waals surface area (Å²) in [6.07, 6.45) is 4.53. The van der Waals surface area contributed by atoms with Crippen molar-refractivity contribution in [1.29, 1.82) is 0 Å². The molecule has 0 saturated carbocycles. The highest BCUT2D eigenvalue weighted by atomic mass is 32.2. The molecule has 8 heteroatoms. The minimum absolute atomic E-state index is 0.0553. The number of hydrogen-bond donors (Lipinski definition) is 2. The van der Waals surface area contributed by atoms with E-state index in [2.05, 4.69) is 29.3 Å². The summed E-state index contributed by atoms with van der Waals surface area (Å²) in [5, 5.41) is 5.98. The summed E-state index contributed by atoms with van der Waals surface area (Å²) in [6.45, 7) is 3.70. The number of aryl methyl sites for hydroxylation is 1. The zero-order valence-corrected chi connectivity index (χ0v) is 21.2. The molecule has 2 amide bonds. The van der Waals surface area contributed by atoms with Crippen LogP contribution in [0.2, 0.25) is 0 Å². The van der Waals surface area contributed by atoms with Gasteiger partial charge >= 0.3 is 0 Å². The van der Waals surface area contributed by atoms with Gasteiger partial charge in [-0.1, -0.05) is 49.0 Å². The van der Waals surface area contributed by atoms with Gasteiger partial charge in [-0.25, -0.2) is 8.42 Å². The van der Waals surface area contributed by atoms with E-state index in [4.69, 9.17) is 0 Å². The van der Waals surface area contributed by atoms with E-state index in [1.54, 1.807) is 24.3 Å². The molecule has 190 valence electrons. The largest absolute Gasteiger partial charge is 0.346 e. The standard InChI is InChI=1S/C29H29N3O4S/c1-2-28(33)30-26-18-19-32(27-13-6-5-11-24(26)27)37(35,36)22-16-14-21(15-17-22)29(34)31-25-12-7-9-20-8-3-4-10-23(20)25/h2-6,8,10-11,13-17,25-26H,1,7,9,12,18-19H2,(H,30,33)(H,31,34). The molecule has 1 aliphatic carbocycles. The Balaban J connectivity index is 1.35. The second-order valence-electron chi connectivity index (χ2n) is 9.33. The van der Waals surface area contributed by atoms with Gasteiger partial charge in [0.1, 0.15) is 0 Å². The van der Waals surface area contributed by atoms with E-state index >= 15 is 0 Å². The van der Waals surface area contributed by atoms with Crippen molar-refractivity contribution in [3.05, 3.63) is 108 Å². The van der Waals surface area contributed by atoms with Gasteiger partial charge in [-0.3, -0.25) is 13.9 Å². The molecule has 0 aromatic heterocycles. The molecule has 0 fully saturated rings. The number of rotatable bonds is 6. The van der Waals surface area contributed by atoms with E-state index in [1.807, 2.05) is 24.3 Å².